The van der Waals surface area contributed by atoms with Crippen molar-refractivity contribution in [3.05, 3.63) is 30.6 Å². The summed E-state index contributed by atoms with van der Waals surface area (Å²) in [5.41, 5.74) is 3.23. The number of aromatic nitrogens is 2. The SMILES string of the molecule is CC(=O)N1c2ccc(-c3cnn(CCO)c3)cc2N(C(=O)N(C)C(C)C)C[C@@H]1C. The predicted molar refractivity (Wildman–Crippen MR) is 113 cm³/mol. The van der Waals surface area contributed by atoms with Crippen LogP contribution in [-0.4, -0.2) is 64.0 Å². The summed E-state index contributed by atoms with van der Waals surface area (Å²) in [6.45, 7) is 8.30. The van der Waals surface area contributed by atoms with Crippen LogP contribution in [0.2, 0.25) is 0 Å². The summed E-state index contributed by atoms with van der Waals surface area (Å²) in [6, 6.07) is 5.60. The molecule has 0 aliphatic carbocycles. The average molecular weight is 399 g/mol. The normalized spacial score (nSPS) is 16.2. The lowest BCUT2D eigenvalue weighted by molar-refractivity contribution is -0.117. The summed E-state index contributed by atoms with van der Waals surface area (Å²) < 4.78 is 1.67. The van der Waals surface area contributed by atoms with Crippen LogP contribution in [0.25, 0.3) is 11.1 Å². The Morgan fingerprint density at radius 2 is 2.00 bits per heavy atom. The number of urea groups is 1. The van der Waals surface area contributed by atoms with E-state index in [4.69, 9.17) is 5.11 Å². The third kappa shape index (κ3) is 3.98. The number of aliphatic hydroxyl groups excluding tert-OH is 1. The van der Waals surface area contributed by atoms with E-state index in [9.17, 15) is 9.59 Å². The van der Waals surface area contributed by atoms with Gasteiger partial charge in [0.05, 0.1) is 36.8 Å². The molecule has 3 rings (SSSR count). The highest BCUT2D eigenvalue weighted by Gasteiger charge is 2.35. The number of fused-ring (bicyclic) bond motifs is 1. The third-order valence-corrected chi connectivity index (χ3v) is 5.36. The minimum atomic E-state index is -0.123. The van der Waals surface area contributed by atoms with E-state index in [2.05, 4.69) is 5.10 Å². The number of amides is 3. The molecule has 2 aromatic rings. The fourth-order valence-electron chi connectivity index (χ4n) is 3.61. The molecule has 1 aromatic heterocycles. The summed E-state index contributed by atoms with van der Waals surface area (Å²) in [7, 11) is 1.79. The zero-order valence-corrected chi connectivity index (χ0v) is 17.7. The van der Waals surface area contributed by atoms with Crippen molar-refractivity contribution in [2.24, 2.45) is 0 Å². The zero-order valence-electron chi connectivity index (χ0n) is 17.7. The molecular formula is C21H29N5O3. The van der Waals surface area contributed by atoms with E-state index in [1.54, 1.807) is 39.5 Å². The topological polar surface area (TPSA) is 81.9 Å². The van der Waals surface area contributed by atoms with Crippen LogP contribution in [0.5, 0.6) is 0 Å². The molecule has 1 aromatic carbocycles. The van der Waals surface area contributed by atoms with Crippen molar-refractivity contribution in [1.29, 1.82) is 0 Å². The Balaban J connectivity index is 2.08. The first kappa shape index (κ1) is 20.9. The van der Waals surface area contributed by atoms with Crippen molar-refractivity contribution < 1.29 is 14.7 Å². The van der Waals surface area contributed by atoms with Crippen LogP contribution in [0, 0.1) is 0 Å². The van der Waals surface area contributed by atoms with Crippen LogP contribution < -0.4 is 9.80 Å². The first-order valence-corrected chi connectivity index (χ1v) is 9.86. The molecule has 0 saturated heterocycles. The number of rotatable bonds is 4. The standard InChI is InChI=1S/C21H29N5O3/c1-14(2)23(5)21(29)25-12-15(3)26(16(4)28)19-7-6-17(10-20(19)25)18-11-22-24(13-18)8-9-27/h6-7,10-11,13-15,27H,8-9,12H2,1-5H3/t15-/m0/s1. The number of hydrogen-bond donors (Lipinski definition) is 1. The van der Waals surface area contributed by atoms with Gasteiger partial charge in [0.15, 0.2) is 0 Å². The molecular weight excluding hydrogens is 370 g/mol. The van der Waals surface area contributed by atoms with Gasteiger partial charge in [0, 0.05) is 38.3 Å². The molecule has 1 aliphatic rings. The van der Waals surface area contributed by atoms with Crippen LogP contribution in [0.3, 0.4) is 0 Å². The number of anilines is 2. The Morgan fingerprint density at radius 1 is 1.28 bits per heavy atom. The van der Waals surface area contributed by atoms with Gasteiger partial charge in [-0.15, -0.1) is 0 Å². The Hall–Kier alpha value is -2.87. The number of carbonyl (C=O) groups is 2. The Morgan fingerprint density at radius 3 is 2.62 bits per heavy atom. The quantitative estimate of drug-likeness (QED) is 0.857. The van der Waals surface area contributed by atoms with E-state index in [-0.39, 0.29) is 30.6 Å². The maximum absolute atomic E-state index is 13.2. The summed E-state index contributed by atoms with van der Waals surface area (Å²) in [4.78, 5) is 30.7. The second-order valence-electron chi connectivity index (χ2n) is 7.76. The van der Waals surface area contributed by atoms with Crippen molar-refractivity contribution in [2.45, 2.75) is 46.3 Å². The zero-order chi connectivity index (χ0) is 21.3. The minimum absolute atomic E-state index is 0.0145. The van der Waals surface area contributed by atoms with E-state index in [1.807, 2.05) is 45.2 Å². The molecule has 1 N–H and O–H groups in total. The monoisotopic (exact) mass is 399 g/mol. The van der Waals surface area contributed by atoms with Gasteiger partial charge in [-0.1, -0.05) is 6.07 Å². The number of aliphatic hydroxyl groups is 1. The Labute approximate surface area is 171 Å². The lowest BCUT2D eigenvalue weighted by Gasteiger charge is -2.42. The summed E-state index contributed by atoms with van der Waals surface area (Å²) in [5, 5.41) is 13.4. The van der Waals surface area contributed by atoms with Gasteiger partial charge < -0.3 is 14.9 Å². The first-order chi connectivity index (χ1) is 13.7. The molecule has 0 fully saturated rings. The van der Waals surface area contributed by atoms with E-state index >= 15 is 0 Å². The first-order valence-electron chi connectivity index (χ1n) is 9.86. The van der Waals surface area contributed by atoms with Crippen LogP contribution >= 0.6 is 0 Å². The van der Waals surface area contributed by atoms with Crippen LogP contribution in [0.4, 0.5) is 16.2 Å². The van der Waals surface area contributed by atoms with Gasteiger partial charge in [0.25, 0.3) is 0 Å². The van der Waals surface area contributed by atoms with Gasteiger partial charge in [-0.05, 0) is 38.5 Å². The van der Waals surface area contributed by atoms with Crippen molar-refractivity contribution in [2.75, 3.05) is 30.0 Å². The number of carbonyl (C=O) groups excluding carboxylic acids is 2. The van der Waals surface area contributed by atoms with Gasteiger partial charge in [0.2, 0.25) is 5.91 Å². The number of hydrogen-bond acceptors (Lipinski definition) is 4. The smallest absolute Gasteiger partial charge is 0.324 e. The molecule has 156 valence electrons. The van der Waals surface area contributed by atoms with Gasteiger partial charge in [-0.2, -0.15) is 5.10 Å². The predicted octanol–water partition coefficient (Wildman–Crippen LogP) is 2.56. The van der Waals surface area contributed by atoms with E-state index in [1.165, 1.54) is 0 Å². The molecule has 0 bridgehead atoms. The van der Waals surface area contributed by atoms with Crippen LogP contribution in [0.15, 0.2) is 30.6 Å². The van der Waals surface area contributed by atoms with Gasteiger partial charge in [-0.25, -0.2) is 4.79 Å². The molecule has 0 unspecified atom stereocenters. The molecule has 0 spiro atoms. The second kappa shape index (κ2) is 8.24. The van der Waals surface area contributed by atoms with E-state index in [0.29, 0.717) is 18.8 Å². The lowest BCUT2D eigenvalue weighted by Crippen LogP contribution is -2.54. The summed E-state index contributed by atoms with van der Waals surface area (Å²) >= 11 is 0. The highest BCUT2D eigenvalue weighted by molar-refractivity contribution is 6.04. The summed E-state index contributed by atoms with van der Waals surface area (Å²) in [6.07, 6.45) is 3.59. The lowest BCUT2D eigenvalue weighted by atomic mass is 10.0. The minimum Gasteiger partial charge on any atom is -0.394 e. The highest BCUT2D eigenvalue weighted by atomic mass is 16.3. The van der Waals surface area contributed by atoms with Crippen molar-refractivity contribution in [3.8, 4) is 11.1 Å². The highest BCUT2D eigenvalue weighted by Crippen LogP contribution is 2.39. The maximum atomic E-state index is 13.2. The van der Waals surface area contributed by atoms with Crippen LogP contribution in [-0.2, 0) is 11.3 Å². The molecule has 8 nitrogen and oxygen atoms in total. The second-order valence-corrected chi connectivity index (χ2v) is 7.76. The molecule has 29 heavy (non-hydrogen) atoms. The largest absolute Gasteiger partial charge is 0.394 e. The van der Waals surface area contributed by atoms with Crippen molar-refractivity contribution in [3.63, 3.8) is 0 Å². The fourth-order valence-corrected chi connectivity index (χ4v) is 3.61. The number of nitrogens with zero attached hydrogens (tertiary/aromatic N) is 5. The molecule has 1 atom stereocenters. The van der Waals surface area contributed by atoms with Crippen LogP contribution in [0.1, 0.15) is 27.7 Å². The van der Waals surface area contributed by atoms with E-state index in [0.717, 1.165) is 16.8 Å². The number of benzene rings is 1. The molecule has 0 radical (unpaired) electrons. The Kier molecular flexibility index (Phi) is 5.93. The van der Waals surface area contributed by atoms with Crippen molar-refractivity contribution >= 4 is 23.3 Å². The average Bonchev–Trinajstić information content (AvgIpc) is 3.14. The van der Waals surface area contributed by atoms with E-state index < -0.39 is 0 Å². The molecule has 0 saturated carbocycles. The summed E-state index contributed by atoms with van der Waals surface area (Å²) in [5.74, 6) is -0.0495. The Bertz CT molecular complexity index is 907. The van der Waals surface area contributed by atoms with Gasteiger partial charge >= 0.3 is 6.03 Å². The maximum Gasteiger partial charge on any atom is 0.324 e. The van der Waals surface area contributed by atoms with Gasteiger partial charge in [-0.3, -0.25) is 14.4 Å². The molecule has 8 heteroatoms. The third-order valence-electron chi connectivity index (χ3n) is 5.36. The molecule has 3 amide bonds. The molecule has 1 aliphatic heterocycles. The van der Waals surface area contributed by atoms with Crippen molar-refractivity contribution in [1.82, 2.24) is 14.7 Å². The fraction of sp³-hybridized carbons (Fsp3) is 0.476. The molecule has 2 heterocycles. The van der Waals surface area contributed by atoms with Gasteiger partial charge in [0.1, 0.15) is 0 Å².